The van der Waals surface area contributed by atoms with Crippen molar-refractivity contribution in [1.29, 1.82) is 0 Å². The molecule has 0 spiro atoms. The Morgan fingerprint density at radius 2 is 1.60 bits per heavy atom. The van der Waals surface area contributed by atoms with Crippen LogP contribution in [0.5, 0.6) is 5.75 Å². The molecule has 1 aliphatic heterocycles. The zero-order valence-electron chi connectivity index (χ0n) is 27.7. The van der Waals surface area contributed by atoms with Crippen LogP contribution in [0.4, 0.5) is 17.6 Å². The van der Waals surface area contributed by atoms with E-state index in [0.717, 1.165) is 5.56 Å². The highest BCUT2D eigenvalue weighted by Gasteiger charge is 2.35. The summed E-state index contributed by atoms with van der Waals surface area (Å²) in [5.41, 5.74) is 0.329. The molecule has 0 aromatic heterocycles. The van der Waals surface area contributed by atoms with Gasteiger partial charge in [0.25, 0.3) is 5.91 Å². The molecule has 262 valence electrons. The molecule has 1 heterocycles. The van der Waals surface area contributed by atoms with Gasteiger partial charge in [-0.1, -0.05) is 45.0 Å². The van der Waals surface area contributed by atoms with Crippen molar-refractivity contribution in [1.82, 2.24) is 10.2 Å². The molecular formula is C34H40F4N2O8. The van der Waals surface area contributed by atoms with Crippen molar-refractivity contribution in [3.8, 4) is 5.75 Å². The number of nitrogens with one attached hydrogen (secondary N) is 1. The summed E-state index contributed by atoms with van der Waals surface area (Å²) in [7, 11) is 0. The maximum Gasteiger partial charge on any atom is 0.308 e. The molecule has 14 heteroatoms. The lowest BCUT2D eigenvalue weighted by molar-refractivity contribution is -0.156. The van der Waals surface area contributed by atoms with Crippen molar-refractivity contribution in [2.24, 2.45) is 5.92 Å². The second-order valence-corrected chi connectivity index (χ2v) is 13.4. The Bertz CT molecular complexity index is 1520. The summed E-state index contributed by atoms with van der Waals surface area (Å²) < 4.78 is 70.9. The van der Waals surface area contributed by atoms with Gasteiger partial charge in [-0.25, -0.2) is 8.78 Å². The highest BCUT2D eigenvalue weighted by molar-refractivity contribution is 6.36. The van der Waals surface area contributed by atoms with Gasteiger partial charge in [0.1, 0.15) is 18.2 Å². The van der Waals surface area contributed by atoms with E-state index in [9.17, 15) is 41.5 Å². The molecule has 10 nitrogen and oxygen atoms in total. The van der Waals surface area contributed by atoms with E-state index in [4.69, 9.17) is 14.2 Å². The Morgan fingerprint density at radius 1 is 0.979 bits per heavy atom. The summed E-state index contributed by atoms with van der Waals surface area (Å²) in [6.45, 7) is 8.98. The molecule has 0 unspecified atom stereocenters. The van der Waals surface area contributed by atoms with Crippen LogP contribution in [0.1, 0.15) is 59.1 Å². The third-order valence-electron chi connectivity index (χ3n) is 7.26. The first-order valence-corrected chi connectivity index (χ1v) is 15.3. The van der Waals surface area contributed by atoms with E-state index in [1.165, 1.54) is 4.90 Å². The lowest BCUT2D eigenvalue weighted by Crippen LogP contribution is -2.50. The van der Waals surface area contributed by atoms with Crippen molar-refractivity contribution >= 4 is 29.4 Å². The average Bonchev–Trinajstić information content (AvgIpc) is 3.24. The van der Waals surface area contributed by atoms with Gasteiger partial charge in [-0.2, -0.15) is 8.78 Å². The van der Waals surface area contributed by atoms with Crippen LogP contribution in [0.15, 0.2) is 30.3 Å². The molecular weight excluding hydrogens is 640 g/mol. The Hall–Kier alpha value is -4.33. The van der Waals surface area contributed by atoms with Gasteiger partial charge in [-0.15, -0.1) is 0 Å². The van der Waals surface area contributed by atoms with Crippen LogP contribution >= 0.6 is 0 Å². The van der Waals surface area contributed by atoms with E-state index in [1.807, 2.05) is 32.9 Å². The second kappa shape index (κ2) is 15.7. The van der Waals surface area contributed by atoms with Crippen molar-refractivity contribution in [2.45, 2.75) is 71.4 Å². The molecule has 0 saturated carbocycles. The van der Waals surface area contributed by atoms with Crippen molar-refractivity contribution in [3.63, 3.8) is 0 Å². The van der Waals surface area contributed by atoms with Crippen molar-refractivity contribution < 1.29 is 55.7 Å². The maximum absolute atomic E-state index is 14.1. The van der Waals surface area contributed by atoms with Gasteiger partial charge in [-0.3, -0.25) is 24.0 Å². The SMILES string of the molecule is CC(C)(C)OC(=O)C[C@H](NC(=O)[C@H]1COCCN(C(=O)C(=O)Cc2ccccc2C(C)(C)C)C1)C(=O)COc1c(F)c(F)cc(F)c1F. The molecule has 1 aliphatic rings. The highest BCUT2D eigenvalue weighted by Crippen LogP contribution is 2.27. The number of carbonyl (C=O) groups excluding carboxylic acids is 5. The van der Waals surface area contributed by atoms with Gasteiger partial charge in [0, 0.05) is 25.6 Å². The van der Waals surface area contributed by atoms with Crippen molar-refractivity contribution in [3.05, 3.63) is 64.7 Å². The molecule has 1 saturated heterocycles. The van der Waals surface area contributed by atoms with E-state index in [1.54, 1.807) is 32.9 Å². The number of Topliss-reactive ketones (excluding diaryl/α,β-unsaturated/α-hetero) is 2. The van der Waals surface area contributed by atoms with Crippen LogP contribution in [0.2, 0.25) is 0 Å². The van der Waals surface area contributed by atoms with Crippen LogP contribution in [0, 0.1) is 29.2 Å². The molecule has 0 aliphatic carbocycles. The Morgan fingerprint density at radius 3 is 2.21 bits per heavy atom. The van der Waals surface area contributed by atoms with E-state index in [0.29, 0.717) is 5.56 Å². The first kappa shape index (κ1) is 38.1. The monoisotopic (exact) mass is 680 g/mol. The quantitative estimate of drug-likeness (QED) is 0.163. The number of nitrogens with zero attached hydrogens (tertiary/aromatic N) is 1. The molecule has 2 amide bonds. The van der Waals surface area contributed by atoms with Crippen LogP contribution in [0.25, 0.3) is 0 Å². The van der Waals surface area contributed by atoms with E-state index in [2.05, 4.69) is 5.32 Å². The van der Waals surface area contributed by atoms with Gasteiger partial charge in [-0.05, 0) is 37.3 Å². The third kappa shape index (κ3) is 10.3. The molecule has 3 rings (SSSR count). The second-order valence-electron chi connectivity index (χ2n) is 13.4. The zero-order valence-corrected chi connectivity index (χ0v) is 27.7. The van der Waals surface area contributed by atoms with Crippen LogP contribution in [-0.4, -0.2) is 78.8 Å². The minimum atomic E-state index is -1.88. The normalized spacial score (nSPS) is 16.0. The predicted molar refractivity (Wildman–Crippen MR) is 164 cm³/mol. The molecule has 2 atom stereocenters. The Kier molecular flexibility index (Phi) is 12.5. The van der Waals surface area contributed by atoms with Gasteiger partial charge >= 0.3 is 5.97 Å². The summed E-state index contributed by atoms with van der Waals surface area (Å²) in [5, 5.41) is 2.36. The summed E-state index contributed by atoms with van der Waals surface area (Å²) in [5.74, 6) is -14.3. The average molecular weight is 681 g/mol. The van der Waals surface area contributed by atoms with E-state index >= 15 is 0 Å². The molecule has 0 radical (unpaired) electrons. The Balaban J connectivity index is 1.76. The fourth-order valence-electron chi connectivity index (χ4n) is 4.99. The molecule has 2 aromatic carbocycles. The minimum absolute atomic E-state index is 0.00466. The highest BCUT2D eigenvalue weighted by atomic mass is 19.2. The zero-order chi connectivity index (χ0) is 36.0. The van der Waals surface area contributed by atoms with Crippen molar-refractivity contribution in [2.75, 3.05) is 32.9 Å². The smallest absolute Gasteiger partial charge is 0.308 e. The minimum Gasteiger partial charge on any atom is -0.479 e. The fourth-order valence-corrected chi connectivity index (χ4v) is 4.99. The van der Waals surface area contributed by atoms with Gasteiger partial charge in [0.05, 0.1) is 25.6 Å². The van der Waals surface area contributed by atoms with E-state index < -0.39 is 89.0 Å². The van der Waals surface area contributed by atoms with Gasteiger partial charge < -0.3 is 24.4 Å². The number of amides is 2. The molecule has 1 N–H and O–H groups in total. The first-order valence-electron chi connectivity index (χ1n) is 15.3. The number of ether oxygens (including phenoxy) is 3. The molecule has 2 aromatic rings. The largest absolute Gasteiger partial charge is 0.479 e. The lowest BCUT2D eigenvalue weighted by Gasteiger charge is -2.26. The predicted octanol–water partition coefficient (Wildman–Crippen LogP) is 3.99. The number of esters is 1. The van der Waals surface area contributed by atoms with Crippen LogP contribution < -0.4 is 10.1 Å². The van der Waals surface area contributed by atoms with Crippen LogP contribution in [0.3, 0.4) is 0 Å². The topological polar surface area (TPSA) is 128 Å². The number of carbonyl (C=O) groups is 5. The number of hydrogen-bond donors (Lipinski definition) is 1. The van der Waals surface area contributed by atoms with Gasteiger partial charge in [0.2, 0.25) is 23.3 Å². The standard InChI is InChI=1S/C34H40F4N2O8/c1-33(2,3)21-10-8-7-9-19(21)13-25(41)32(45)40-11-12-46-17-20(16-40)31(44)39-24(15-27(43)48-34(4,5)6)26(42)18-47-30-28(37)22(35)14-23(36)29(30)38/h7-10,14,20,24H,11-13,15-18H2,1-6H3,(H,39,44)/t20-,24+/m1/s1. The Labute approximate surface area is 276 Å². The third-order valence-corrected chi connectivity index (χ3v) is 7.26. The van der Waals surface area contributed by atoms with E-state index in [-0.39, 0.29) is 44.2 Å². The molecule has 0 bridgehead atoms. The lowest BCUT2D eigenvalue weighted by atomic mass is 9.82. The summed E-state index contributed by atoms with van der Waals surface area (Å²) >= 11 is 0. The number of halogens is 4. The first-order chi connectivity index (χ1) is 22.3. The number of rotatable bonds is 11. The molecule has 48 heavy (non-hydrogen) atoms. The maximum atomic E-state index is 14.1. The fraction of sp³-hybridized carbons (Fsp3) is 0.500. The summed E-state index contributed by atoms with van der Waals surface area (Å²) in [4.78, 5) is 66.7. The number of hydrogen-bond acceptors (Lipinski definition) is 8. The number of benzene rings is 2. The molecule has 1 fully saturated rings. The van der Waals surface area contributed by atoms with Crippen LogP contribution in [-0.2, 0) is 45.3 Å². The van der Waals surface area contributed by atoms with Gasteiger partial charge in [0.15, 0.2) is 23.2 Å². The number of ketones is 2. The summed E-state index contributed by atoms with van der Waals surface area (Å²) in [6.07, 6.45) is -0.904. The summed E-state index contributed by atoms with van der Waals surface area (Å²) in [6, 6.07) is 5.55.